The molecule has 2 fully saturated rings. The predicted molar refractivity (Wildman–Crippen MR) is 382 cm³/mol. The SMILES string of the molecule is C.C.C.C.C.C.C.C=C(C)C(=O)OCCN1CCCC1=O.CCCCCCCCCCCCCCCCCCOC(=O)C(C)(C)CC.CCCCCCCCCCCCCCCCCCOC(=O)C(C)(CC)CCC(C)(C)C(=O)OCCN1CCCC1=O. The standard InChI is InChI=1S/C35H65NO5.C24H48O2.C10H15NO3.7CH4/c1-6-8-9-10-11-12-13-14-15-16-17-18-19-20-21-22-29-40-33(39)35(5,7-2)26-25-34(3,4)32(38)41-30-28-36-27-23-24-31(36)37;1-5-7-8-9-10-11-12-13-14-15-16-17-18-19-20-21-22-26-23(25)24(3,4)6-2;1-8(2)10(13)14-7-6-11-5-3-4-9(11)12;;;;;;;/h6-30H2,1-5H3;5-22H2,1-4H3;1,3-7H2,2H3;7*1H4. The maximum Gasteiger partial charge on any atom is 0.333 e. The van der Waals surface area contributed by atoms with Gasteiger partial charge in [-0.25, -0.2) is 4.79 Å². The molecule has 1 unspecified atom stereocenters. The van der Waals surface area contributed by atoms with Gasteiger partial charge in [-0.05, 0) is 92.9 Å². The van der Waals surface area contributed by atoms with Crippen molar-refractivity contribution in [2.75, 3.05) is 52.6 Å². The van der Waals surface area contributed by atoms with E-state index in [1.165, 1.54) is 186 Å². The van der Waals surface area contributed by atoms with Gasteiger partial charge < -0.3 is 28.7 Å². The van der Waals surface area contributed by atoms with Crippen LogP contribution in [0.25, 0.3) is 0 Å². The highest BCUT2D eigenvalue weighted by molar-refractivity contribution is 5.87. The summed E-state index contributed by atoms with van der Waals surface area (Å²) in [6.07, 6.45) is 48.7. The lowest BCUT2D eigenvalue weighted by molar-refractivity contribution is -0.160. The number of amides is 2. The van der Waals surface area contributed by atoms with Crippen LogP contribution >= 0.6 is 0 Å². The van der Waals surface area contributed by atoms with Crippen molar-refractivity contribution >= 4 is 35.7 Å². The zero-order valence-electron chi connectivity index (χ0n) is 54.6. The number of nitrogens with zero attached hydrogens (tertiary/aromatic N) is 2. The van der Waals surface area contributed by atoms with Crippen LogP contribution < -0.4 is 0 Å². The van der Waals surface area contributed by atoms with E-state index in [0.29, 0.717) is 64.0 Å². The van der Waals surface area contributed by atoms with Crippen LogP contribution in [-0.2, 0) is 47.7 Å². The van der Waals surface area contributed by atoms with Crippen molar-refractivity contribution in [3.8, 4) is 0 Å². The predicted octanol–water partition coefficient (Wildman–Crippen LogP) is 22.6. The molecule has 12 nitrogen and oxygen atoms in total. The fourth-order valence-electron chi connectivity index (χ4n) is 9.95. The van der Waals surface area contributed by atoms with Gasteiger partial charge >= 0.3 is 23.9 Å². The number of rotatable bonds is 49. The smallest absolute Gasteiger partial charge is 0.333 e. The molecule has 0 aromatic rings. The Morgan fingerprint density at radius 3 is 0.955 bits per heavy atom. The molecule has 0 aliphatic carbocycles. The van der Waals surface area contributed by atoms with E-state index in [1.807, 2.05) is 48.5 Å². The third-order valence-corrected chi connectivity index (χ3v) is 16.9. The molecule has 0 spiro atoms. The van der Waals surface area contributed by atoms with Crippen molar-refractivity contribution in [2.45, 2.75) is 378 Å². The highest BCUT2D eigenvalue weighted by atomic mass is 16.5. The molecule has 2 saturated heterocycles. The van der Waals surface area contributed by atoms with E-state index in [-0.39, 0.29) is 100 Å². The highest BCUT2D eigenvalue weighted by Crippen LogP contribution is 2.36. The second-order valence-electron chi connectivity index (χ2n) is 25.4. The van der Waals surface area contributed by atoms with Crippen LogP contribution in [0.5, 0.6) is 0 Å². The Hall–Kier alpha value is -3.44. The van der Waals surface area contributed by atoms with Gasteiger partial charge in [-0.2, -0.15) is 0 Å². The Bertz CT molecular complexity index is 1650. The van der Waals surface area contributed by atoms with Crippen molar-refractivity contribution in [3.63, 3.8) is 0 Å². The van der Waals surface area contributed by atoms with Gasteiger partial charge in [0.05, 0.1) is 42.5 Å². The second kappa shape index (κ2) is 65.1. The number of carbonyl (C=O) groups excluding carboxylic acids is 6. The number of esters is 4. The first-order valence-corrected chi connectivity index (χ1v) is 33.7. The molecule has 0 aromatic heterocycles. The molecule has 0 N–H and O–H groups in total. The van der Waals surface area contributed by atoms with E-state index >= 15 is 0 Å². The average molecular weight is 1260 g/mol. The number of hydrogen-bond donors (Lipinski definition) is 0. The Labute approximate surface area is 549 Å². The van der Waals surface area contributed by atoms with Gasteiger partial charge in [-0.1, -0.05) is 279 Å². The first kappa shape index (κ1) is 101. The molecule has 2 heterocycles. The van der Waals surface area contributed by atoms with E-state index in [2.05, 4.69) is 20.4 Å². The Morgan fingerprint density at radius 1 is 0.386 bits per heavy atom. The average Bonchev–Trinajstić information content (AvgIpc) is 4.22. The molecule has 2 aliphatic heterocycles. The molecule has 0 bridgehead atoms. The van der Waals surface area contributed by atoms with Crippen molar-refractivity contribution in [2.24, 2.45) is 16.2 Å². The number of likely N-dealkylation sites (tertiary alicyclic amines) is 2. The molecule has 2 amide bonds. The van der Waals surface area contributed by atoms with Gasteiger partial charge in [0.2, 0.25) is 11.8 Å². The summed E-state index contributed by atoms with van der Waals surface area (Å²) in [5, 5.41) is 0. The summed E-state index contributed by atoms with van der Waals surface area (Å²) in [6.45, 7) is 27.3. The first-order chi connectivity index (χ1) is 38.8. The minimum atomic E-state index is -0.695. The van der Waals surface area contributed by atoms with Gasteiger partial charge in [0, 0.05) is 31.5 Å². The van der Waals surface area contributed by atoms with Crippen LogP contribution in [0.15, 0.2) is 12.2 Å². The van der Waals surface area contributed by atoms with Crippen molar-refractivity contribution in [3.05, 3.63) is 12.2 Å². The molecule has 2 aliphatic rings. The third kappa shape index (κ3) is 53.2. The van der Waals surface area contributed by atoms with E-state index in [4.69, 9.17) is 18.9 Å². The monoisotopic (exact) mass is 1260 g/mol. The third-order valence-electron chi connectivity index (χ3n) is 16.9. The van der Waals surface area contributed by atoms with Crippen LogP contribution in [0.1, 0.15) is 378 Å². The van der Waals surface area contributed by atoms with Crippen molar-refractivity contribution in [1.82, 2.24) is 9.80 Å². The van der Waals surface area contributed by atoms with Crippen LogP contribution in [0.3, 0.4) is 0 Å². The van der Waals surface area contributed by atoms with Crippen LogP contribution in [0, 0.1) is 16.2 Å². The minimum Gasteiger partial charge on any atom is -0.465 e. The van der Waals surface area contributed by atoms with E-state index in [1.54, 1.807) is 16.7 Å². The van der Waals surface area contributed by atoms with Gasteiger partial charge in [0.25, 0.3) is 0 Å². The summed E-state index contributed by atoms with van der Waals surface area (Å²) in [5.74, 6) is -0.576. The maximum absolute atomic E-state index is 12.9. The van der Waals surface area contributed by atoms with Gasteiger partial charge in [-0.3, -0.25) is 24.0 Å². The molecule has 0 radical (unpaired) electrons. The molecule has 0 aromatic carbocycles. The summed E-state index contributed by atoms with van der Waals surface area (Å²) in [4.78, 5) is 74.8. The Kier molecular flexibility index (Phi) is 74.5. The van der Waals surface area contributed by atoms with E-state index in [0.717, 1.165) is 51.6 Å². The summed E-state index contributed by atoms with van der Waals surface area (Å²) in [7, 11) is 0. The minimum absolute atomic E-state index is 0. The summed E-state index contributed by atoms with van der Waals surface area (Å²) < 4.78 is 21.4. The van der Waals surface area contributed by atoms with Crippen LogP contribution in [0.4, 0.5) is 0 Å². The zero-order chi connectivity index (χ0) is 60.5. The quantitative estimate of drug-likeness (QED) is 0.0250. The second-order valence-corrected chi connectivity index (χ2v) is 25.4. The van der Waals surface area contributed by atoms with Crippen LogP contribution in [0.2, 0.25) is 0 Å². The molecule has 2 rings (SSSR count). The fourth-order valence-corrected chi connectivity index (χ4v) is 9.95. The lowest BCUT2D eigenvalue weighted by atomic mass is 9.76. The van der Waals surface area contributed by atoms with Crippen molar-refractivity contribution < 1.29 is 47.7 Å². The van der Waals surface area contributed by atoms with Gasteiger partial charge in [0.1, 0.15) is 13.2 Å². The number of ether oxygens (including phenoxy) is 4. The highest BCUT2D eigenvalue weighted by Gasteiger charge is 2.38. The topological polar surface area (TPSA) is 146 Å². The molecular weight excluding hydrogens is 1100 g/mol. The van der Waals surface area contributed by atoms with E-state index in [9.17, 15) is 28.8 Å². The molecular formula is C76H156N2O10. The molecule has 1 atom stereocenters. The van der Waals surface area contributed by atoms with E-state index < -0.39 is 16.8 Å². The zero-order valence-corrected chi connectivity index (χ0v) is 54.6. The van der Waals surface area contributed by atoms with Crippen molar-refractivity contribution in [1.29, 1.82) is 0 Å². The molecule has 12 heteroatoms. The Morgan fingerprint density at radius 2 is 0.670 bits per heavy atom. The van der Waals surface area contributed by atoms with Gasteiger partial charge in [0.15, 0.2) is 0 Å². The lowest BCUT2D eigenvalue weighted by Crippen LogP contribution is -2.35. The number of hydrogen-bond acceptors (Lipinski definition) is 10. The molecule has 0 saturated carbocycles. The van der Waals surface area contributed by atoms with Crippen LogP contribution in [-0.4, -0.2) is 98.1 Å². The maximum atomic E-state index is 12.9. The normalized spacial score (nSPS) is 13.1. The largest absolute Gasteiger partial charge is 0.465 e. The Balaban J connectivity index is -0.000000195. The summed E-state index contributed by atoms with van der Waals surface area (Å²) >= 11 is 0. The fraction of sp³-hybridized carbons (Fsp3) is 0.895. The van der Waals surface area contributed by atoms with Gasteiger partial charge in [-0.15, -0.1) is 0 Å². The summed E-state index contributed by atoms with van der Waals surface area (Å²) in [5.41, 5.74) is -1.23. The molecule has 530 valence electrons. The number of carbonyl (C=O) groups is 6. The summed E-state index contributed by atoms with van der Waals surface area (Å²) in [6, 6.07) is 0. The number of unbranched alkanes of at least 4 members (excludes halogenated alkanes) is 30. The first-order valence-electron chi connectivity index (χ1n) is 33.7. The lowest BCUT2D eigenvalue weighted by Gasteiger charge is -2.30. The molecule has 88 heavy (non-hydrogen) atoms.